The summed E-state index contributed by atoms with van der Waals surface area (Å²) in [4.78, 5) is 8.25. The van der Waals surface area contributed by atoms with Crippen molar-refractivity contribution in [2.24, 2.45) is 0 Å². The predicted octanol–water partition coefficient (Wildman–Crippen LogP) is 1.95. The molecule has 2 aromatic rings. The molecule has 0 saturated heterocycles. The summed E-state index contributed by atoms with van der Waals surface area (Å²) >= 11 is 0. The molecule has 0 aliphatic heterocycles. The molecule has 6 nitrogen and oxygen atoms in total. The summed E-state index contributed by atoms with van der Waals surface area (Å²) in [7, 11) is 0. The minimum Gasteiger partial charge on any atom is -0.490 e. The minimum absolute atomic E-state index is 0.368. The zero-order valence-corrected chi connectivity index (χ0v) is 11.7. The molecular formula is C15H16N4O2. The first kappa shape index (κ1) is 14.6. The highest BCUT2D eigenvalue weighted by Gasteiger charge is 2.10. The number of rotatable bonds is 6. The van der Waals surface area contributed by atoms with Crippen molar-refractivity contribution in [3.05, 3.63) is 42.0 Å². The number of hydrogen-bond acceptors (Lipinski definition) is 6. The van der Waals surface area contributed by atoms with E-state index in [4.69, 9.17) is 20.5 Å². The van der Waals surface area contributed by atoms with Gasteiger partial charge in [0.15, 0.2) is 11.5 Å². The highest BCUT2D eigenvalue weighted by molar-refractivity contribution is 5.62. The third-order valence-electron chi connectivity index (χ3n) is 2.74. The highest BCUT2D eigenvalue weighted by atomic mass is 16.5. The third kappa shape index (κ3) is 3.83. The van der Waals surface area contributed by atoms with Crippen LogP contribution in [0.5, 0.6) is 11.5 Å². The number of aromatic nitrogens is 2. The van der Waals surface area contributed by atoms with Crippen molar-refractivity contribution in [2.75, 3.05) is 18.9 Å². The monoisotopic (exact) mass is 284 g/mol. The highest BCUT2D eigenvalue weighted by Crippen LogP contribution is 2.32. The maximum Gasteiger partial charge on any atom is 0.163 e. The van der Waals surface area contributed by atoms with Gasteiger partial charge in [0.1, 0.15) is 11.9 Å². The number of anilines is 1. The van der Waals surface area contributed by atoms with E-state index in [0.29, 0.717) is 48.2 Å². The van der Waals surface area contributed by atoms with E-state index in [1.54, 1.807) is 30.6 Å². The Bertz CT molecular complexity index is 638. The van der Waals surface area contributed by atoms with Gasteiger partial charge in [0.05, 0.1) is 24.5 Å². The molecule has 1 aromatic heterocycles. The molecule has 0 spiro atoms. The standard InChI is InChI=1S/C15H16N4O2/c1-2-20-13-8-11(10-16)12(17)9-14(13)21-7-4-15-18-5-3-6-19-15/h3,5-6,8-9H,2,4,7,17H2,1H3. The van der Waals surface area contributed by atoms with Gasteiger partial charge in [0, 0.05) is 30.9 Å². The fourth-order valence-electron chi connectivity index (χ4n) is 1.76. The van der Waals surface area contributed by atoms with E-state index in [1.165, 1.54) is 0 Å². The predicted molar refractivity (Wildman–Crippen MR) is 78.0 cm³/mol. The van der Waals surface area contributed by atoms with Crippen LogP contribution in [0.3, 0.4) is 0 Å². The smallest absolute Gasteiger partial charge is 0.163 e. The van der Waals surface area contributed by atoms with Crippen molar-refractivity contribution in [1.82, 2.24) is 9.97 Å². The van der Waals surface area contributed by atoms with Crippen LogP contribution in [0.4, 0.5) is 5.69 Å². The van der Waals surface area contributed by atoms with Gasteiger partial charge in [-0.25, -0.2) is 9.97 Å². The Morgan fingerprint density at radius 2 is 1.90 bits per heavy atom. The van der Waals surface area contributed by atoms with E-state index in [1.807, 2.05) is 13.0 Å². The van der Waals surface area contributed by atoms with Crippen LogP contribution in [0, 0.1) is 11.3 Å². The van der Waals surface area contributed by atoms with Gasteiger partial charge < -0.3 is 15.2 Å². The molecule has 0 unspecified atom stereocenters. The fraction of sp³-hybridized carbons (Fsp3) is 0.267. The third-order valence-corrected chi connectivity index (χ3v) is 2.74. The number of hydrogen-bond donors (Lipinski definition) is 1. The Labute approximate surface area is 123 Å². The van der Waals surface area contributed by atoms with Crippen molar-refractivity contribution >= 4 is 5.69 Å². The van der Waals surface area contributed by atoms with E-state index >= 15 is 0 Å². The molecule has 0 atom stereocenters. The zero-order valence-electron chi connectivity index (χ0n) is 11.7. The second-order valence-corrected chi connectivity index (χ2v) is 4.19. The number of benzene rings is 1. The summed E-state index contributed by atoms with van der Waals surface area (Å²) in [5.74, 6) is 1.73. The lowest BCUT2D eigenvalue weighted by atomic mass is 10.2. The van der Waals surface area contributed by atoms with Crippen molar-refractivity contribution in [3.8, 4) is 17.6 Å². The van der Waals surface area contributed by atoms with Crippen LogP contribution in [0.15, 0.2) is 30.6 Å². The van der Waals surface area contributed by atoms with Gasteiger partial charge in [-0.2, -0.15) is 5.26 Å². The van der Waals surface area contributed by atoms with Gasteiger partial charge >= 0.3 is 0 Å². The number of nitrogen functional groups attached to an aromatic ring is 1. The number of ether oxygens (including phenoxy) is 2. The summed E-state index contributed by atoms with van der Waals surface area (Å²) < 4.78 is 11.2. The maximum atomic E-state index is 8.98. The average Bonchev–Trinajstić information content (AvgIpc) is 2.51. The van der Waals surface area contributed by atoms with Crippen LogP contribution in [-0.2, 0) is 6.42 Å². The molecule has 1 heterocycles. The molecule has 6 heteroatoms. The van der Waals surface area contributed by atoms with Gasteiger partial charge in [0.25, 0.3) is 0 Å². The normalized spacial score (nSPS) is 9.90. The zero-order chi connectivity index (χ0) is 15.1. The molecule has 108 valence electrons. The largest absolute Gasteiger partial charge is 0.490 e. The van der Waals surface area contributed by atoms with Crippen LogP contribution in [0.1, 0.15) is 18.3 Å². The molecule has 0 aliphatic rings. The molecule has 0 fully saturated rings. The Morgan fingerprint density at radius 3 is 2.57 bits per heavy atom. The topological polar surface area (TPSA) is 94.0 Å². The molecule has 2 rings (SSSR count). The lowest BCUT2D eigenvalue weighted by Crippen LogP contribution is -2.07. The fourth-order valence-corrected chi connectivity index (χ4v) is 1.76. The molecular weight excluding hydrogens is 268 g/mol. The van der Waals surface area contributed by atoms with E-state index in [9.17, 15) is 0 Å². The number of nitrogens with zero attached hydrogens (tertiary/aromatic N) is 3. The van der Waals surface area contributed by atoms with E-state index in [2.05, 4.69) is 9.97 Å². The van der Waals surface area contributed by atoms with Crippen LogP contribution in [-0.4, -0.2) is 23.2 Å². The van der Waals surface area contributed by atoms with Crippen LogP contribution in [0.25, 0.3) is 0 Å². The van der Waals surface area contributed by atoms with Crippen LogP contribution < -0.4 is 15.2 Å². The molecule has 1 aromatic carbocycles. The van der Waals surface area contributed by atoms with Crippen molar-refractivity contribution in [1.29, 1.82) is 5.26 Å². The quantitative estimate of drug-likeness (QED) is 0.815. The SMILES string of the molecule is CCOc1cc(C#N)c(N)cc1OCCc1ncccn1. The molecule has 0 radical (unpaired) electrons. The molecule has 0 saturated carbocycles. The van der Waals surface area contributed by atoms with Gasteiger partial charge in [-0.3, -0.25) is 0 Å². The first-order valence-electron chi connectivity index (χ1n) is 6.59. The van der Waals surface area contributed by atoms with Crippen LogP contribution >= 0.6 is 0 Å². The Balaban J connectivity index is 2.08. The lowest BCUT2D eigenvalue weighted by Gasteiger charge is -2.13. The maximum absolute atomic E-state index is 8.98. The van der Waals surface area contributed by atoms with E-state index < -0.39 is 0 Å². The van der Waals surface area contributed by atoms with Gasteiger partial charge in [-0.15, -0.1) is 0 Å². The van der Waals surface area contributed by atoms with Crippen molar-refractivity contribution < 1.29 is 9.47 Å². The van der Waals surface area contributed by atoms with Crippen molar-refractivity contribution in [2.45, 2.75) is 13.3 Å². The summed E-state index contributed by atoms with van der Waals surface area (Å²) in [6.07, 6.45) is 3.95. The molecule has 21 heavy (non-hydrogen) atoms. The lowest BCUT2D eigenvalue weighted by molar-refractivity contribution is 0.278. The summed E-state index contributed by atoms with van der Waals surface area (Å²) in [6, 6.07) is 6.98. The number of nitriles is 1. The van der Waals surface area contributed by atoms with Gasteiger partial charge in [0.2, 0.25) is 0 Å². The Kier molecular flexibility index (Phi) is 4.94. The van der Waals surface area contributed by atoms with Gasteiger partial charge in [-0.1, -0.05) is 0 Å². The Morgan fingerprint density at radius 1 is 1.19 bits per heavy atom. The van der Waals surface area contributed by atoms with E-state index in [-0.39, 0.29) is 0 Å². The van der Waals surface area contributed by atoms with E-state index in [0.717, 1.165) is 0 Å². The van der Waals surface area contributed by atoms with Crippen molar-refractivity contribution in [3.63, 3.8) is 0 Å². The second-order valence-electron chi connectivity index (χ2n) is 4.19. The average molecular weight is 284 g/mol. The first-order valence-corrected chi connectivity index (χ1v) is 6.59. The minimum atomic E-state index is 0.368. The molecule has 2 N–H and O–H groups in total. The second kappa shape index (κ2) is 7.10. The Hall–Kier alpha value is -2.81. The summed E-state index contributed by atoms with van der Waals surface area (Å²) in [5, 5.41) is 8.98. The summed E-state index contributed by atoms with van der Waals surface area (Å²) in [6.45, 7) is 2.74. The molecule has 0 bridgehead atoms. The first-order chi connectivity index (χ1) is 10.2. The number of nitrogens with two attached hydrogens (primary N) is 1. The molecule has 0 amide bonds. The van der Waals surface area contributed by atoms with Gasteiger partial charge in [-0.05, 0) is 13.0 Å². The van der Waals surface area contributed by atoms with Crippen LogP contribution in [0.2, 0.25) is 0 Å². The molecule has 0 aliphatic carbocycles. The summed E-state index contributed by atoms with van der Waals surface area (Å²) in [5.41, 5.74) is 6.54.